The van der Waals surface area contributed by atoms with Crippen molar-refractivity contribution in [3.05, 3.63) is 63.0 Å². The van der Waals surface area contributed by atoms with Crippen LogP contribution >= 0.6 is 22.6 Å². The van der Waals surface area contributed by atoms with Gasteiger partial charge in [0.2, 0.25) is 0 Å². The van der Waals surface area contributed by atoms with Crippen LogP contribution in [0.2, 0.25) is 0 Å². The van der Waals surface area contributed by atoms with Crippen molar-refractivity contribution in [1.82, 2.24) is 0 Å². The Morgan fingerprint density at radius 1 is 1.21 bits per heavy atom. The second kappa shape index (κ2) is 6.34. The van der Waals surface area contributed by atoms with E-state index in [0.29, 0.717) is 17.9 Å². The van der Waals surface area contributed by atoms with Gasteiger partial charge in [0.15, 0.2) is 0 Å². The van der Waals surface area contributed by atoms with Crippen molar-refractivity contribution in [1.29, 1.82) is 0 Å². The molecule has 0 fully saturated rings. The lowest BCUT2D eigenvalue weighted by Gasteiger charge is -2.13. The zero-order valence-electron chi connectivity index (χ0n) is 10.4. The molecule has 0 aliphatic rings. The highest BCUT2D eigenvalue weighted by atomic mass is 127. The third-order valence-corrected chi connectivity index (χ3v) is 3.45. The minimum Gasteiger partial charge on any atom is -0.489 e. The van der Waals surface area contributed by atoms with Crippen molar-refractivity contribution in [3.8, 4) is 5.75 Å². The number of halogens is 2. The molecule has 2 aromatic carbocycles. The van der Waals surface area contributed by atoms with E-state index in [4.69, 9.17) is 4.74 Å². The van der Waals surface area contributed by atoms with Gasteiger partial charge in [0, 0.05) is 9.13 Å². The molecule has 0 bridgehead atoms. The van der Waals surface area contributed by atoms with E-state index in [0.717, 1.165) is 9.13 Å². The molecule has 2 nitrogen and oxygen atoms in total. The zero-order chi connectivity index (χ0) is 13.8. The number of ether oxygens (including phenoxy) is 1. The molecule has 0 saturated heterocycles. The predicted octanol–water partition coefficient (Wildman–Crippen LogP) is 4.06. The summed E-state index contributed by atoms with van der Waals surface area (Å²) in [6, 6.07) is 12.1. The normalized spacial score (nSPS) is 12.2. The van der Waals surface area contributed by atoms with Gasteiger partial charge in [0.05, 0.1) is 6.10 Å². The fourth-order valence-corrected chi connectivity index (χ4v) is 2.08. The van der Waals surface area contributed by atoms with E-state index >= 15 is 0 Å². The summed E-state index contributed by atoms with van der Waals surface area (Å²) in [6.07, 6.45) is -0.762. The molecule has 0 heterocycles. The van der Waals surface area contributed by atoms with Crippen molar-refractivity contribution in [2.24, 2.45) is 0 Å². The van der Waals surface area contributed by atoms with Crippen LogP contribution in [0.25, 0.3) is 0 Å². The van der Waals surface area contributed by atoms with Crippen molar-refractivity contribution < 1.29 is 14.2 Å². The molecule has 0 amide bonds. The minimum absolute atomic E-state index is 0.377. The molecule has 0 radical (unpaired) electrons. The third kappa shape index (κ3) is 3.91. The van der Waals surface area contributed by atoms with Gasteiger partial charge in [0.1, 0.15) is 18.2 Å². The first-order valence-electron chi connectivity index (χ1n) is 5.91. The number of aliphatic hydroxyl groups excluding tert-OH is 1. The molecule has 0 aromatic heterocycles. The standard InChI is InChI=1S/C15H14FIO2/c1-10(18)14-8-12(16)4-7-15(14)19-9-11-2-5-13(17)6-3-11/h2-8,10,18H,9H2,1H3/t10-/m0/s1. The van der Waals surface area contributed by atoms with E-state index in [1.54, 1.807) is 13.0 Å². The third-order valence-electron chi connectivity index (χ3n) is 2.73. The molecule has 0 saturated carbocycles. The van der Waals surface area contributed by atoms with E-state index in [1.807, 2.05) is 24.3 Å². The fourth-order valence-electron chi connectivity index (χ4n) is 1.72. The van der Waals surface area contributed by atoms with Gasteiger partial charge in [-0.3, -0.25) is 0 Å². The van der Waals surface area contributed by atoms with Crippen molar-refractivity contribution in [3.63, 3.8) is 0 Å². The lowest BCUT2D eigenvalue weighted by molar-refractivity contribution is 0.189. The molecule has 1 atom stereocenters. The summed E-state index contributed by atoms with van der Waals surface area (Å²) in [5, 5.41) is 9.61. The maximum absolute atomic E-state index is 13.1. The lowest BCUT2D eigenvalue weighted by Crippen LogP contribution is -2.01. The Hall–Kier alpha value is -1.14. The van der Waals surface area contributed by atoms with Gasteiger partial charge < -0.3 is 9.84 Å². The van der Waals surface area contributed by atoms with Gasteiger partial charge in [-0.05, 0) is 65.4 Å². The van der Waals surface area contributed by atoms with Crippen LogP contribution in [0.5, 0.6) is 5.75 Å². The first kappa shape index (κ1) is 14.3. The molecule has 19 heavy (non-hydrogen) atoms. The Morgan fingerprint density at radius 2 is 1.89 bits per heavy atom. The van der Waals surface area contributed by atoms with Gasteiger partial charge in [-0.15, -0.1) is 0 Å². The number of aliphatic hydroxyl groups is 1. The Bertz CT molecular complexity index is 553. The average Bonchev–Trinajstić information content (AvgIpc) is 2.39. The van der Waals surface area contributed by atoms with Crippen LogP contribution in [0.3, 0.4) is 0 Å². The molecule has 2 aromatic rings. The fraction of sp³-hybridized carbons (Fsp3) is 0.200. The highest BCUT2D eigenvalue weighted by Crippen LogP contribution is 2.26. The molecule has 0 unspecified atom stereocenters. The summed E-state index contributed by atoms with van der Waals surface area (Å²) < 4.78 is 20.0. The molecule has 0 spiro atoms. The molecule has 100 valence electrons. The molecule has 2 rings (SSSR count). The summed E-state index contributed by atoms with van der Waals surface area (Å²) in [5.41, 5.74) is 1.49. The molecule has 0 aliphatic heterocycles. The van der Waals surface area contributed by atoms with Gasteiger partial charge in [-0.2, -0.15) is 0 Å². The van der Waals surface area contributed by atoms with Gasteiger partial charge >= 0.3 is 0 Å². The molecule has 1 N–H and O–H groups in total. The molecule has 0 aliphatic carbocycles. The summed E-state index contributed by atoms with van der Waals surface area (Å²) in [5.74, 6) is 0.132. The summed E-state index contributed by atoms with van der Waals surface area (Å²) in [4.78, 5) is 0. The van der Waals surface area contributed by atoms with Crippen molar-refractivity contribution >= 4 is 22.6 Å². The SMILES string of the molecule is C[C@H](O)c1cc(F)ccc1OCc1ccc(I)cc1. The van der Waals surface area contributed by atoms with Crippen LogP contribution in [0.15, 0.2) is 42.5 Å². The first-order chi connectivity index (χ1) is 9.06. The number of hydrogen-bond donors (Lipinski definition) is 1. The highest BCUT2D eigenvalue weighted by Gasteiger charge is 2.10. The largest absolute Gasteiger partial charge is 0.489 e. The number of hydrogen-bond acceptors (Lipinski definition) is 2. The van der Waals surface area contributed by atoms with E-state index in [1.165, 1.54) is 12.1 Å². The second-order valence-electron chi connectivity index (χ2n) is 4.27. The smallest absolute Gasteiger partial charge is 0.125 e. The average molecular weight is 372 g/mol. The Kier molecular flexibility index (Phi) is 4.76. The predicted molar refractivity (Wildman–Crippen MR) is 80.5 cm³/mol. The molecular weight excluding hydrogens is 358 g/mol. The van der Waals surface area contributed by atoms with E-state index in [9.17, 15) is 9.50 Å². The Balaban J connectivity index is 2.13. The van der Waals surface area contributed by atoms with Crippen LogP contribution in [0.1, 0.15) is 24.2 Å². The lowest BCUT2D eigenvalue weighted by atomic mass is 10.1. The van der Waals surface area contributed by atoms with Gasteiger partial charge in [-0.1, -0.05) is 12.1 Å². The second-order valence-corrected chi connectivity index (χ2v) is 5.52. The minimum atomic E-state index is -0.762. The summed E-state index contributed by atoms with van der Waals surface area (Å²) in [6.45, 7) is 1.98. The van der Waals surface area contributed by atoms with E-state index < -0.39 is 6.10 Å². The summed E-state index contributed by atoms with van der Waals surface area (Å²) in [7, 11) is 0. The van der Waals surface area contributed by atoms with Crippen LogP contribution in [-0.2, 0) is 6.61 Å². The maximum Gasteiger partial charge on any atom is 0.125 e. The quantitative estimate of drug-likeness (QED) is 0.821. The molecular formula is C15H14FIO2. The van der Waals surface area contributed by atoms with Gasteiger partial charge in [-0.25, -0.2) is 4.39 Å². The van der Waals surface area contributed by atoms with E-state index in [2.05, 4.69) is 22.6 Å². The highest BCUT2D eigenvalue weighted by molar-refractivity contribution is 14.1. The molecule has 4 heteroatoms. The van der Waals surface area contributed by atoms with E-state index in [-0.39, 0.29) is 5.82 Å². The monoisotopic (exact) mass is 372 g/mol. The zero-order valence-corrected chi connectivity index (χ0v) is 12.6. The maximum atomic E-state index is 13.1. The van der Waals surface area contributed by atoms with Gasteiger partial charge in [0.25, 0.3) is 0 Å². The Morgan fingerprint density at radius 3 is 2.53 bits per heavy atom. The first-order valence-corrected chi connectivity index (χ1v) is 6.99. The van der Waals surface area contributed by atoms with Crippen molar-refractivity contribution in [2.45, 2.75) is 19.6 Å². The van der Waals surface area contributed by atoms with Crippen LogP contribution in [-0.4, -0.2) is 5.11 Å². The van der Waals surface area contributed by atoms with Crippen molar-refractivity contribution in [2.75, 3.05) is 0 Å². The van der Waals surface area contributed by atoms with Crippen LogP contribution in [0.4, 0.5) is 4.39 Å². The van der Waals surface area contributed by atoms with Crippen LogP contribution < -0.4 is 4.74 Å². The Labute approximate surface area is 125 Å². The number of rotatable bonds is 4. The number of benzene rings is 2. The van der Waals surface area contributed by atoms with Crippen LogP contribution in [0, 0.1) is 9.39 Å². The topological polar surface area (TPSA) is 29.5 Å². The summed E-state index contributed by atoms with van der Waals surface area (Å²) >= 11 is 2.24.